The second-order valence-corrected chi connectivity index (χ2v) is 4.23. The molecule has 2 heterocycles. The van der Waals surface area contributed by atoms with E-state index in [-0.39, 0.29) is 0 Å². The van der Waals surface area contributed by atoms with Crippen LogP contribution in [0.3, 0.4) is 0 Å². The van der Waals surface area contributed by atoms with Crippen molar-refractivity contribution in [1.29, 1.82) is 0 Å². The Labute approximate surface area is 102 Å². The van der Waals surface area contributed by atoms with Gasteiger partial charge in [-0.15, -0.1) is 0 Å². The first-order valence-corrected chi connectivity index (χ1v) is 6.12. The van der Waals surface area contributed by atoms with Crippen molar-refractivity contribution in [3.8, 4) is 0 Å². The number of hydrogen-bond acceptors (Lipinski definition) is 2. The Kier molecular flexibility index (Phi) is 3.98. The van der Waals surface area contributed by atoms with Crippen molar-refractivity contribution in [3.63, 3.8) is 0 Å². The Morgan fingerprint density at radius 3 is 2.76 bits per heavy atom. The van der Waals surface area contributed by atoms with Gasteiger partial charge in [-0.1, -0.05) is 6.92 Å². The van der Waals surface area contributed by atoms with E-state index in [9.17, 15) is 0 Å². The van der Waals surface area contributed by atoms with E-state index < -0.39 is 0 Å². The molecular weight excluding hydrogens is 212 g/mol. The Morgan fingerprint density at radius 2 is 2.12 bits per heavy atom. The molecule has 0 aromatic carbocycles. The third-order valence-electron chi connectivity index (χ3n) is 3.11. The summed E-state index contributed by atoms with van der Waals surface area (Å²) in [7, 11) is 2.01. The highest BCUT2D eigenvalue weighted by Gasteiger charge is 2.07. The molecule has 0 aliphatic carbocycles. The molecule has 4 nitrogen and oxygen atoms in total. The molecule has 1 unspecified atom stereocenters. The van der Waals surface area contributed by atoms with Crippen LogP contribution in [-0.4, -0.2) is 21.2 Å². The Hall–Kier alpha value is -1.55. The fourth-order valence-corrected chi connectivity index (χ4v) is 2.06. The lowest BCUT2D eigenvalue weighted by molar-refractivity contribution is 0.561. The Bertz CT molecular complexity index is 426. The van der Waals surface area contributed by atoms with Crippen LogP contribution in [0.4, 0.5) is 0 Å². The van der Waals surface area contributed by atoms with E-state index in [4.69, 9.17) is 0 Å². The third kappa shape index (κ3) is 2.97. The van der Waals surface area contributed by atoms with Gasteiger partial charge in [0.25, 0.3) is 0 Å². The molecule has 0 saturated heterocycles. The summed E-state index contributed by atoms with van der Waals surface area (Å²) >= 11 is 0. The third-order valence-corrected chi connectivity index (χ3v) is 3.11. The minimum Gasteiger partial charge on any atom is -0.352 e. The lowest BCUT2D eigenvalue weighted by Crippen LogP contribution is -2.14. The molecule has 0 bridgehead atoms. The van der Waals surface area contributed by atoms with Gasteiger partial charge in [-0.05, 0) is 25.1 Å². The zero-order valence-corrected chi connectivity index (χ0v) is 10.5. The molecule has 0 spiro atoms. The van der Waals surface area contributed by atoms with Gasteiger partial charge in [0.1, 0.15) is 0 Å². The Balaban J connectivity index is 1.94. The molecule has 1 atom stereocenters. The average Bonchev–Trinajstić information content (AvgIpc) is 2.99. The van der Waals surface area contributed by atoms with Crippen LogP contribution in [0.15, 0.2) is 37.2 Å². The van der Waals surface area contributed by atoms with Crippen molar-refractivity contribution >= 4 is 0 Å². The van der Waals surface area contributed by atoms with Gasteiger partial charge in [0.2, 0.25) is 0 Å². The summed E-state index contributed by atoms with van der Waals surface area (Å²) in [4.78, 5) is 4.04. The fraction of sp³-hybridized carbons (Fsp3) is 0.462. The maximum absolute atomic E-state index is 4.04. The van der Waals surface area contributed by atoms with Crippen molar-refractivity contribution < 1.29 is 0 Å². The van der Waals surface area contributed by atoms with Crippen molar-refractivity contribution in [2.45, 2.75) is 32.5 Å². The van der Waals surface area contributed by atoms with Gasteiger partial charge in [-0.25, -0.2) is 4.98 Å². The van der Waals surface area contributed by atoms with Crippen LogP contribution in [0.5, 0.6) is 0 Å². The standard InChI is InChI=1S/C13H20N4/c1-3-13(14-2)12-4-6-16(10-12)8-9-17-7-5-15-11-17/h4-7,10-11,13-14H,3,8-9H2,1-2H3. The van der Waals surface area contributed by atoms with Crippen LogP contribution in [0.25, 0.3) is 0 Å². The number of nitrogens with one attached hydrogen (secondary N) is 1. The van der Waals surface area contributed by atoms with Crippen LogP contribution >= 0.6 is 0 Å². The second-order valence-electron chi connectivity index (χ2n) is 4.23. The minimum atomic E-state index is 0.462. The maximum atomic E-state index is 4.04. The zero-order chi connectivity index (χ0) is 12.1. The van der Waals surface area contributed by atoms with Crippen molar-refractivity contribution in [3.05, 3.63) is 42.7 Å². The molecule has 0 aliphatic rings. The van der Waals surface area contributed by atoms with E-state index in [1.165, 1.54) is 5.56 Å². The largest absolute Gasteiger partial charge is 0.352 e. The van der Waals surface area contributed by atoms with Crippen LogP contribution in [0, 0.1) is 0 Å². The summed E-state index contributed by atoms with van der Waals surface area (Å²) < 4.78 is 4.32. The lowest BCUT2D eigenvalue weighted by atomic mass is 10.1. The van der Waals surface area contributed by atoms with Crippen LogP contribution in [0.2, 0.25) is 0 Å². The highest BCUT2D eigenvalue weighted by Crippen LogP contribution is 2.16. The molecule has 17 heavy (non-hydrogen) atoms. The van der Waals surface area contributed by atoms with Gasteiger partial charge in [-0.2, -0.15) is 0 Å². The van der Waals surface area contributed by atoms with Gasteiger partial charge in [0, 0.05) is 43.9 Å². The van der Waals surface area contributed by atoms with E-state index in [1.807, 2.05) is 25.8 Å². The van der Waals surface area contributed by atoms with Crippen LogP contribution < -0.4 is 5.32 Å². The topological polar surface area (TPSA) is 34.8 Å². The van der Waals surface area contributed by atoms with Gasteiger partial charge >= 0.3 is 0 Å². The SMILES string of the molecule is CCC(NC)c1ccn(CCn2ccnc2)c1. The number of hydrogen-bond donors (Lipinski definition) is 1. The summed E-state index contributed by atoms with van der Waals surface area (Å²) in [5.74, 6) is 0. The molecule has 92 valence electrons. The van der Waals surface area contributed by atoms with Gasteiger partial charge in [0.05, 0.1) is 6.33 Å². The average molecular weight is 232 g/mol. The van der Waals surface area contributed by atoms with Crippen LogP contribution in [0.1, 0.15) is 24.9 Å². The van der Waals surface area contributed by atoms with Gasteiger partial charge in [0.15, 0.2) is 0 Å². The fourth-order valence-electron chi connectivity index (χ4n) is 2.06. The first kappa shape index (κ1) is 11.9. The zero-order valence-electron chi connectivity index (χ0n) is 10.5. The van der Waals surface area contributed by atoms with Gasteiger partial charge in [-0.3, -0.25) is 0 Å². The first-order chi connectivity index (χ1) is 8.33. The molecule has 4 heteroatoms. The van der Waals surface area contributed by atoms with Crippen LogP contribution in [-0.2, 0) is 13.1 Å². The van der Waals surface area contributed by atoms with E-state index in [0.29, 0.717) is 6.04 Å². The van der Waals surface area contributed by atoms with Crippen molar-refractivity contribution in [1.82, 2.24) is 19.4 Å². The number of aryl methyl sites for hydroxylation is 2. The summed E-state index contributed by atoms with van der Waals surface area (Å²) in [6.07, 6.45) is 11.1. The van der Waals surface area contributed by atoms with Crippen molar-refractivity contribution in [2.24, 2.45) is 0 Å². The minimum absolute atomic E-state index is 0.462. The summed E-state index contributed by atoms with van der Waals surface area (Å²) in [6, 6.07) is 2.66. The highest BCUT2D eigenvalue weighted by atomic mass is 15.1. The molecule has 0 aliphatic heterocycles. The number of aromatic nitrogens is 3. The van der Waals surface area contributed by atoms with E-state index in [2.05, 4.69) is 44.8 Å². The molecule has 1 N–H and O–H groups in total. The summed E-state index contributed by atoms with van der Waals surface area (Å²) in [5, 5.41) is 3.32. The summed E-state index contributed by atoms with van der Waals surface area (Å²) in [6.45, 7) is 4.14. The predicted molar refractivity (Wildman–Crippen MR) is 68.8 cm³/mol. The first-order valence-electron chi connectivity index (χ1n) is 6.12. The molecule has 0 fully saturated rings. The smallest absolute Gasteiger partial charge is 0.0946 e. The molecule has 0 amide bonds. The van der Waals surface area contributed by atoms with E-state index in [0.717, 1.165) is 19.5 Å². The maximum Gasteiger partial charge on any atom is 0.0946 e. The molecule has 2 aromatic heterocycles. The predicted octanol–water partition coefficient (Wildman–Crippen LogP) is 2.06. The van der Waals surface area contributed by atoms with E-state index >= 15 is 0 Å². The molecule has 2 aromatic rings. The monoisotopic (exact) mass is 232 g/mol. The highest BCUT2D eigenvalue weighted by molar-refractivity contribution is 5.15. The summed E-state index contributed by atoms with van der Waals surface area (Å²) in [5.41, 5.74) is 1.36. The van der Waals surface area contributed by atoms with E-state index in [1.54, 1.807) is 0 Å². The number of rotatable bonds is 6. The lowest BCUT2D eigenvalue weighted by Gasteiger charge is -2.11. The number of imidazole rings is 1. The van der Waals surface area contributed by atoms with Gasteiger partial charge < -0.3 is 14.5 Å². The molecule has 0 radical (unpaired) electrons. The second kappa shape index (κ2) is 5.68. The Morgan fingerprint density at radius 1 is 1.29 bits per heavy atom. The molecule has 0 saturated carbocycles. The molecule has 2 rings (SSSR count). The normalized spacial score (nSPS) is 12.8. The molecular formula is C13H20N4. The van der Waals surface area contributed by atoms with Crippen molar-refractivity contribution in [2.75, 3.05) is 7.05 Å². The quantitative estimate of drug-likeness (QED) is 0.827. The number of nitrogens with zero attached hydrogens (tertiary/aromatic N) is 3.